The Labute approximate surface area is 88.8 Å². The second-order valence-corrected chi connectivity index (χ2v) is 4.82. The number of carbonyl (C=O) groups is 1. The van der Waals surface area contributed by atoms with Gasteiger partial charge in [-0.1, -0.05) is 0 Å². The fourth-order valence-corrected chi connectivity index (χ4v) is 2.54. The van der Waals surface area contributed by atoms with Gasteiger partial charge in [0.2, 0.25) is 0 Å². The van der Waals surface area contributed by atoms with Crippen LogP contribution in [0.2, 0.25) is 0 Å². The summed E-state index contributed by atoms with van der Waals surface area (Å²) in [6.45, 7) is 0. The van der Waals surface area contributed by atoms with E-state index in [1.165, 1.54) is 20.0 Å². The number of esters is 1. The summed E-state index contributed by atoms with van der Waals surface area (Å²) in [6.07, 6.45) is 3.49. The molecule has 4 heteroatoms. The second-order valence-electron chi connectivity index (χ2n) is 3.71. The summed E-state index contributed by atoms with van der Waals surface area (Å²) in [6, 6.07) is 2.23. The summed E-state index contributed by atoms with van der Waals surface area (Å²) >= 11 is 1.75. The minimum absolute atomic E-state index is 0.150. The highest BCUT2D eigenvalue weighted by Gasteiger charge is 2.41. The smallest absolute Gasteiger partial charge is 0.306 e. The summed E-state index contributed by atoms with van der Waals surface area (Å²) in [7, 11) is 1.41. The first-order valence-electron chi connectivity index (χ1n) is 4.74. The first-order chi connectivity index (χ1) is 6.72. The van der Waals surface area contributed by atoms with Crippen LogP contribution in [0.1, 0.15) is 25.7 Å². The first-order valence-corrected chi connectivity index (χ1v) is 5.89. The van der Waals surface area contributed by atoms with Crippen molar-refractivity contribution in [1.29, 1.82) is 5.26 Å². The molecule has 0 amide bonds. The molecule has 0 heterocycles. The maximum atomic E-state index is 10.8. The number of thioether (sulfide) groups is 1. The van der Waals surface area contributed by atoms with Crippen LogP contribution in [0.15, 0.2) is 0 Å². The molecule has 0 atom stereocenters. The molecule has 0 unspecified atom stereocenters. The summed E-state index contributed by atoms with van der Waals surface area (Å²) in [5.41, 5.74) is 0.287. The molecule has 0 spiro atoms. The van der Waals surface area contributed by atoms with Crippen LogP contribution in [-0.4, -0.2) is 24.6 Å². The number of hydrogen-bond acceptors (Lipinski definition) is 4. The third kappa shape index (κ3) is 3.59. The molecule has 0 radical (unpaired) electrons. The van der Waals surface area contributed by atoms with Gasteiger partial charge in [-0.25, -0.2) is 0 Å². The van der Waals surface area contributed by atoms with Gasteiger partial charge in [-0.15, -0.1) is 0 Å². The lowest BCUT2D eigenvalue weighted by Crippen LogP contribution is -2.06. The van der Waals surface area contributed by atoms with Gasteiger partial charge in [-0.2, -0.15) is 17.0 Å². The number of methoxy groups -OCH3 is 1. The fraction of sp³-hybridized carbons (Fsp3) is 0.800. The van der Waals surface area contributed by atoms with E-state index in [9.17, 15) is 4.79 Å². The molecule has 14 heavy (non-hydrogen) atoms. The van der Waals surface area contributed by atoms with Gasteiger partial charge in [-0.05, 0) is 24.0 Å². The van der Waals surface area contributed by atoms with Crippen molar-refractivity contribution in [3.8, 4) is 6.07 Å². The lowest BCUT2D eigenvalue weighted by molar-refractivity contribution is -0.140. The van der Waals surface area contributed by atoms with Crippen LogP contribution in [0.3, 0.4) is 0 Å². The van der Waals surface area contributed by atoms with Crippen molar-refractivity contribution in [2.24, 2.45) is 5.41 Å². The van der Waals surface area contributed by atoms with Crippen molar-refractivity contribution in [3.05, 3.63) is 0 Å². The fourth-order valence-electron chi connectivity index (χ4n) is 1.26. The Morgan fingerprint density at radius 1 is 1.64 bits per heavy atom. The molecule has 1 rings (SSSR count). The minimum atomic E-state index is -0.150. The molecule has 1 aliphatic carbocycles. The number of hydrogen-bond donors (Lipinski definition) is 0. The van der Waals surface area contributed by atoms with Crippen molar-refractivity contribution >= 4 is 17.7 Å². The van der Waals surface area contributed by atoms with Crippen molar-refractivity contribution in [3.63, 3.8) is 0 Å². The van der Waals surface area contributed by atoms with Crippen molar-refractivity contribution < 1.29 is 9.53 Å². The number of carbonyl (C=O) groups excluding carboxylic acids is 1. The molecular weight excluding hydrogens is 198 g/mol. The Balaban J connectivity index is 2.05. The molecule has 0 aromatic heterocycles. The largest absolute Gasteiger partial charge is 0.469 e. The van der Waals surface area contributed by atoms with Crippen LogP contribution in [0, 0.1) is 16.7 Å². The first kappa shape index (κ1) is 11.4. The van der Waals surface area contributed by atoms with E-state index in [0.717, 1.165) is 11.5 Å². The molecule has 1 fully saturated rings. The average molecular weight is 213 g/mol. The van der Waals surface area contributed by atoms with Gasteiger partial charge < -0.3 is 4.74 Å². The molecular formula is C10H15NO2S. The Kier molecular flexibility index (Phi) is 4.27. The van der Waals surface area contributed by atoms with Crippen molar-refractivity contribution in [2.45, 2.75) is 25.7 Å². The van der Waals surface area contributed by atoms with Gasteiger partial charge in [0.1, 0.15) is 0 Å². The van der Waals surface area contributed by atoms with Gasteiger partial charge >= 0.3 is 5.97 Å². The molecule has 1 aliphatic rings. The molecule has 0 bridgehead atoms. The average Bonchev–Trinajstić information content (AvgIpc) is 2.93. The van der Waals surface area contributed by atoms with E-state index < -0.39 is 0 Å². The maximum Gasteiger partial charge on any atom is 0.306 e. The van der Waals surface area contributed by atoms with E-state index in [1.54, 1.807) is 11.8 Å². The zero-order valence-corrected chi connectivity index (χ0v) is 9.23. The van der Waals surface area contributed by atoms with Gasteiger partial charge in [0.05, 0.1) is 19.6 Å². The topological polar surface area (TPSA) is 50.1 Å². The highest BCUT2D eigenvalue weighted by molar-refractivity contribution is 7.99. The van der Waals surface area contributed by atoms with Crippen LogP contribution in [0.4, 0.5) is 0 Å². The van der Waals surface area contributed by atoms with E-state index in [2.05, 4.69) is 10.8 Å². The molecule has 3 nitrogen and oxygen atoms in total. The lowest BCUT2D eigenvalue weighted by Gasteiger charge is -2.09. The summed E-state index contributed by atoms with van der Waals surface area (Å²) in [4.78, 5) is 10.8. The van der Waals surface area contributed by atoms with Gasteiger partial charge in [0.15, 0.2) is 0 Å². The van der Waals surface area contributed by atoms with Gasteiger partial charge in [0.25, 0.3) is 0 Å². The molecule has 0 aromatic rings. The Morgan fingerprint density at radius 3 is 2.86 bits per heavy atom. The van der Waals surface area contributed by atoms with Crippen molar-refractivity contribution in [1.82, 2.24) is 0 Å². The second kappa shape index (κ2) is 5.26. The zero-order valence-electron chi connectivity index (χ0n) is 8.41. The molecule has 0 saturated heterocycles. The lowest BCUT2D eigenvalue weighted by atomic mass is 10.1. The molecule has 0 N–H and O–H groups in total. The third-order valence-corrected chi connectivity index (χ3v) is 3.81. The standard InChI is InChI=1S/C10H15NO2S/c1-13-9(12)2-7-14-8-10(3-4-10)5-6-11/h2-5,7-8H2,1H3. The monoisotopic (exact) mass is 213 g/mol. The van der Waals surface area contributed by atoms with Crippen molar-refractivity contribution in [2.75, 3.05) is 18.6 Å². The Bertz CT molecular complexity index is 243. The van der Waals surface area contributed by atoms with E-state index in [-0.39, 0.29) is 11.4 Å². The quantitative estimate of drug-likeness (QED) is 0.500. The molecule has 0 aliphatic heterocycles. The van der Waals surface area contributed by atoms with E-state index in [4.69, 9.17) is 5.26 Å². The molecule has 0 aromatic carbocycles. The van der Waals surface area contributed by atoms with E-state index >= 15 is 0 Å². The number of ether oxygens (including phenoxy) is 1. The highest BCUT2D eigenvalue weighted by atomic mass is 32.2. The zero-order chi connectivity index (χ0) is 10.4. The van der Waals surface area contributed by atoms with Crippen LogP contribution < -0.4 is 0 Å². The van der Waals surface area contributed by atoms with Crippen LogP contribution >= 0.6 is 11.8 Å². The van der Waals surface area contributed by atoms with E-state index in [1.807, 2.05) is 0 Å². The number of rotatable bonds is 6. The predicted molar refractivity (Wildman–Crippen MR) is 55.9 cm³/mol. The van der Waals surface area contributed by atoms with Crippen LogP contribution in [0.25, 0.3) is 0 Å². The maximum absolute atomic E-state index is 10.8. The highest BCUT2D eigenvalue weighted by Crippen LogP contribution is 2.50. The van der Waals surface area contributed by atoms with E-state index in [0.29, 0.717) is 12.8 Å². The van der Waals surface area contributed by atoms with Gasteiger partial charge in [0, 0.05) is 12.2 Å². The van der Waals surface area contributed by atoms with Gasteiger partial charge in [-0.3, -0.25) is 4.79 Å². The summed E-state index contributed by atoms with van der Waals surface area (Å²) < 4.78 is 4.54. The number of nitriles is 1. The molecule has 1 saturated carbocycles. The third-order valence-electron chi connectivity index (χ3n) is 2.50. The summed E-state index contributed by atoms with van der Waals surface area (Å²) in [5, 5.41) is 8.59. The van der Waals surface area contributed by atoms with Crippen LogP contribution in [0.5, 0.6) is 0 Å². The minimum Gasteiger partial charge on any atom is -0.469 e. The Hall–Kier alpha value is -0.690. The number of nitrogens with zero attached hydrogens (tertiary/aromatic N) is 1. The molecule has 78 valence electrons. The van der Waals surface area contributed by atoms with Crippen LogP contribution in [-0.2, 0) is 9.53 Å². The predicted octanol–water partition coefficient (Wildman–Crippen LogP) is 1.98. The Morgan fingerprint density at radius 2 is 2.36 bits per heavy atom. The SMILES string of the molecule is COC(=O)CCSCC1(CC#N)CC1. The normalized spacial score (nSPS) is 17.1. The summed E-state index contributed by atoms with van der Waals surface area (Å²) in [5.74, 6) is 1.67.